The number of carbonyl (C=O) groups excluding carboxylic acids is 2. The molecule has 206 valence electrons. The van der Waals surface area contributed by atoms with Gasteiger partial charge in [-0.25, -0.2) is 14.2 Å². The molecule has 1 aromatic heterocycles. The Morgan fingerprint density at radius 1 is 1.16 bits per heavy atom. The molecular weight excluding hydrogens is 487 g/mol. The van der Waals surface area contributed by atoms with Crippen LogP contribution in [-0.4, -0.2) is 59.2 Å². The zero-order valence-electron chi connectivity index (χ0n) is 23.4. The summed E-state index contributed by atoms with van der Waals surface area (Å²) in [6.07, 6.45) is 2.58. The van der Waals surface area contributed by atoms with Crippen LogP contribution < -0.4 is 16.0 Å². The highest BCUT2D eigenvalue weighted by Crippen LogP contribution is 2.21. The van der Waals surface area contributed by atoms with E-state index in [1.807, 2.05) is 20.8 Å². The third kappa shape index (κ3) is 11.0. The lowest BCUT2D eigenvalue weighted by Crippen LogP contribution is -2.41. The van der Waals surface area contributed by atoms with Crippen molar-refractivity contribution < 1.29 is 18.7 Å². The molecule has 0 aliphatic rings. The minimum atomic E-state index is -0.625. The van der Waals surface area contributed by atoms with Crippen molar-refractivity contribution >= 4 is 29.5 Å². The number of likely N-dealkylation sites (N-methyl/N-ethyl adjacent to an activating group) is 1. The summed E-state index contributed by atoms with van der Waals surface area (Å²) < 4.78 is 18.8. The van der Waals surface area contributed by atoms with E-state index >= 15 is 0 Å². The minimum Gasteiger partial charge on any atom is -0.444 e. The maximum Gasteiger partial charge on any atom is 0.410 e. The molecular formula is C28H39FN6O3. The maximum atomic E-state index is 13.5. The van der Waals surface area contributed by atoms with Crippen molar-refractivity contribution in [2.45, 2.75) is 60.0 Å². The number of hydrogen-bond acceptors (Lipinski definition) is 7. The van der Waals surface area contributed by atoms with Crippen molar-refractivity contribution in [3.63, 3.8) is 0 Å². The Morgan fingerprint density at radius 2 is 1.89 bits per heavy atom. The van der Waals surface area contributed by atoms with Crippen LogP contribution in [0.5, 0.6) is 0 Å². The number of nitrogens with one attached hydrogen (secondary N) is 3. The first-order valence-electron chi connectivity index (χ1n) is 12.7. The Labute approximate surface area is 225 Å². The van der Waals surface area contributed by atoms with Crippen molar-refractivity contribution in [2.24, 2.45) is 5.41 Å². The standard InChI is InChI=1S/C28H39FN6O3/c1-8-15-31-24-20(18-32-25(34-24)33-22-11-9-10-21(29)17-22)12-13-28(5,6)14-16-30-23(36)19-35(7)26(37)38-27(2,3)4/h9-11,17-18H,8,14-16,19H2,1-7H3,(H,30,36)(H2,31,32,33,34). The van der Waals surface area contributed by atoms with Gasteiger partial charge in [-0.2, -0.15) is 4.98 Å². The van der Waals surface area contributed by atoms with Gasteiger partial charge in [-0.3, -0.25) is 4.79 Å². The monoisotopic (exact) mass is 526 g/mol. The molecule has 2 aromatic rings. The van der Waals surface area contributed by atoms with Crippen molar-refractivity contribution in [1.82, 2.24) is 20.2 Å². The molecule has 0 saturated heterocycles. The number of ether oxygens (including phenoxy) is 1. The van der Waals surface area contributed by atoms with Crippen molar-refractivity contribution in [2.75, 3.05) is 37.3 Å². The average Bonchev–Trinajstić information content (AvgIpc) is 2.81. The Kier molecular flexibility index (Phi) is 10.9. The third-order valence-corrected chi connectivity index (χ3v) is 5.11. The van der Waals surface area contributed by atoms with Crippen LogP contribution in [0.25, 0.3) is 0 Å². The third-order valence-electron chi connectivity index (χ3n) is 5.11. The number of hydrogen-bond donors (Lipinski definition) is 3. The van der Waals surface area contributed by atoms with Gasteiger partial charge in [0.05, 0.1) is 11.8 Å². The van der Waals surface area contributed by atoms with Gasteiger partial charge < -0.3 is 25.6 Å². The van der Waals surface area contributed by atoms with Crippen molar-refractivity contribution in [1.29, 1.82) is 0 Å². The molecule has 0 fully saturated rings. The Bertz CT molecular complexity index is 1170. The van der Waals surface area contributed by atoms with Crippen molar-refractivity contribution in [3.05, 3.63) is 41.8 Å². The second-order valence-electron chi connectivity index (χ2n) is 10.6. The van der Waals surface area contributed by atoms with E-state index in [0.29, 0.717) is 42.5 Å². The molecule has 0 spiro atoms. The van der Waals surface area contributed by atoms with E-state index in [0.717, 1.165) is 6.42 Å². The van der Waals surface area contributed by atoms with Crippen LogP contribution >= 0.6 is 0 Å². The molecule has 0 aliphatic carbocycles. The molecule has 3 N–H and O–H groups in total. The molecule has 2 amide bonds. The second kappa shape index (κ2) is 13.6. The number of rotatable bonds is 10. The summed E-state index contributed by atoms with van der Waals surface area (Å²) in [5, 5.41) is 9.11. The van der Waals surface area contributed by atoms with E-state index < -0.39 is 17.1 Å². The SMILES string of the molecule is CCCNc1nc(Nc2cccc(F)c2)ncc1C#CC(C)(C)CCNC(=O)CN(C)C(=O)OC(C)(C)C. The topological polar surface area (TPSA) is 108 Å². The summed E-state index contributed by atoms with van der Waals surface area (Å²) in [6, 6.07) is 6.08. The maximum absolute atomic E-state index is 13.5. The molecule has 0 saturated carbocycles. The summed E-state index contributed by atoms with van der Waals surface area (Å²) in [6.45, 7) is 12.3. The minimum absolute atomic E-state index is 0.0964. The van der Waals surface area contributed by atoms with Gasteiger partial charge in [-0.15, -0.1) is 0 Å². The van der Waals surface area contributed by atoms with Gasteiger partial charge in [-0.1, -0.05) is 24.8 Å². The fourth-order valence-corrected chi connectivity index (χ4v) is 3.10. The van der Waals surface area contributed by atoms with Gasteiger partial charge in [0.25, 0.3) is 0 Å². The predicted octanol–water partition coefficient (Wildman–Crippen LogP) is 4.93. The molecule has 9 nitrogen and oxygen atoms in total. The summed E-state index contributed by atoms with van der Waals surface area (Å²) in [4.78, 5) is 34.4. The van der Waals surface area contributed by atoms with E-state index in [1.165, 1.54) is 24.1 Å². The van der Waals surface area contributed by atoms with Gasteiger partial charge in [0.15, 0.2) is 0 Å². The highest BCUT2D eigenvalue weighted by atomic mass is 19.1. The number of carbonyl (C=O) groups is 2. The first-order chi connectivity index (χ1) is 17.8. The largest absolute Gasteiger partial charge is 0.444 e. The summed E-state index contributed by atoms with van der Waals surface area (Å²) in [5.74, 6) is 6.70. The number of benzene rings is 1. The highest BCUT2D eigenvalue weighted by Gasteiger charge is 2.21. The van der Waals surface area contributed by atoms with Gasteiger partial charge >= 0.3 is 6.09 Å². The molecule has 10 heteroatoms. The van der Waals surface area contributed by atoms with E-state index in [4.69, 9.17) is 4.74 Å². The fraction of sp³-hybridized carbons (Fsp3) is 0.500. The number of nitrogens with zero attached hydrogens (tertiary/aromatic N) is 3. The van der Waals surface area contributed by atoms with E-state index in [2.05, 4.69) is 37.8 Å². The van der Waals surface area contributed by atoms with Crippen LogP contribution in [0.2, 0.25) is 0 Å². The average molecular weight is 527 g/mol. The van der Waals surface area contributed by atoms with Crippen LogP contribution in [0, 0.1) is 23.1 Å². The Balaban J connectivity index is 1.99. The molecule has 38 heavy (non-hydrogen) atoms. The molecule has 1 heterocycles. The Hall–Kier alpha value is -3.87. The first kappa shape index (κ1) is 30.4. The lowest BCUT2D eigenvalue weighted by molar-refractivity contribution is -0.122. The molecule has 1 aromatic carbocycles. The quantitative estimate of drug-likeness (QED) is 0.377. The van der Waals surface area contributed by atoms with Gasteiger partial charge in [0.2, 0.25) is 11.9 Å². The molecule has 0 aliphatic heterocycles. The first-order valence-corrected chi connectivity index (χ1v) is 12.7. The highest BCUT2D eigenvalue weighted by molar-refractivity contribution is 5.82. The molecule has 0 unspecified atom stereocenters. The van der Waals surface area contributed by atoms with Gasteiger partial charge in [0, 0.05) is 31.2 Å². The second-order valence-corrected chi connectivity index (χ2v) is 10.6. The van der Waals surface area contributed by atoms with E-state index in [9.17, 15) is 14.0 Å². The smallest absolute Gasteiger partial charge is 0.410 e. The van der Waals surface area contributed by atoms with E-state index in [-0.39, 0.29) is 18.3 Å². The predicted molar refractivity (Wildman–Crippen MR) is 148 cm³/mol. The lowest BCUT2D eigenvalue weighted by atomic mass is 9.90. The zero-order valence-corrected chi connectivity index (χ0v) is 23.4. The summed E-state index contributed by atoms with van der Waals surface area (Å²) in [7, 11) is 1.52. The fourth-order valence-electron chi connectivity index (χ4n) is 3.10. The molecule has 0 radical (unpaired) electrons. The van der Waals surface area contributed by atoms with Crippen molar-refractivity contribution in [3.8, 4) is 11.8 Å². The van der Waals surface area contributed by atoms with Crippen LogP contribution in [0.4, 0.5) is 26.6 Å². The van der Waals surface area contributed by atoms with Gasteiger partial charge in [-0.05, 0) is 65.7 Å². The van der Waals surface area contributed by atoms with Crippen LogP contribution in [-0.2, 0) is 9.53 Å². The number of halogens is 1. The van der Waals surface area contributed by atoms with Gasteiger partial charge in [0.1, 0.15) is 23.8 Å². The number of anilines is 3. The molecule has 0 bridgehead atoms. The summed E-state index contributed by atoms with van der Waals surface area (Å²) >= 11 is 0. The summed E-state index contributed by atoms with van der Waals surface area (Å²) in [5.41, 5.74) is 0.148. The number of aromatic nitrogens is 2. The number of amides is 2. The van der Waals surface area contributed by atoms with E-state index in [1.54, 1.807) is 39.1 Å². The Morgan fingerprint density at radius 3 is 2.55 bits per heavy atom. The van der Waals surface area contributed by atoms with Crippen LogP contribution in [0.3, 0.4) is 0 Å². The molecule has 0 atom stereocenters. The zero-order chi connectivity index (χ0) is 28.3. The lowest BCUT2D eigenvalue weighted by Gasteiger charge is -2.24. The normalized spacial score (nSPS) is 11.2. The van der Waals surface area contributed by atoms with Crippen LogP contribution in [0.15, 0.2) is 30.5 Å². The molecule has 2 rings (SSSR count). The van der Waals surface area contributed by atoms with Crippen LogP contribution in [0.1, 0.15) is 59.9 Å².